The van der Waals surface area contributed by atoms with Gasteiger partial charge in [-0.1, -0.05) is 17.7 Å². The van der Waals surface area contributed by atoms with Crippen LogP contribution in [0.15, 0.2) is 18.2 Å². The summed E-state index contributed by atoms with van der Waals surface area (Å²) in [5.41, 5.74) is 1.81. The van der Waals surface area contributed by atoms with Gasteiger partial charge in [-0.3, -0.25) is 9.59 Å². The molecule has 1 aliphatic rings. The molecule has 1 N–H and O–H groups in total. The zero-order valence-electron chi connectivity index (χ0n) is 13.0. The van der Waals surface area contributed by atoms with Gasteiger partial charge >= 0.3 is 5.97 Å². The van der Waals surface area contributed by atoms with Gasteiger partial charge in [-0.15, -0.1) is 23.2 Å². The second-order valence-corrected chi connectivity index (χ2v) is 7.55. The molecule has 0 heterocycles. The Balaban J connectivity index is 1.97. The lowest BCUT2D eigenvalue weighted by Gasteiger charge is -2.18. The number of nitrogens with one attached hydrogen (secondary N) is 1. The van der Waals surface area contributed by atoms with Crippen molar-refractivity contribution < 1.29 is 14.3 Å². The maximum atomic E-state index is 12.1. The molecule has 0 radical (unpaired) electrons. The number of rotatable bonds is 4. The van der Waals surface area contributed by atoms with Gasteiger partial charge in [-0.25, -0.2) is 0 Å². The highest BCUT2D eigenvalue weighted by Gasteiger charge is 2.69. The molecule has 4 nitrogen and oxygen atoms in total. The number of amides is 1. The van der Waals surface area contributed by atoms with Gasteiger partial charge in [0.1, 0.15) is 9.75 Å². The van der Waals surface area contributed by atoms with Gasteiger partial charge in [0.15, 0.2) is 6.10 Å². The average molecular weight is 344 g/mol. The summed E-state index contributed by atoms with van der Waals surface area (Å²) in [6, 6.07) is 5.69. The summed E-state index contributed by atoms with van der Waals surface area (Å²) in [6.07, 6.45) is -0.595. The third kappa shape index (κ3) is 3.23. The second kappa shape index (κ2) is 5.74. The Morgan fingerprint density at radius 3 is 2.41 bits per heavy atom. The van der Waals surface area contributed by atoms with Crippen LogP contribution in [0.25, 0.3) is 0 Å². The molecule has 2 unspecified atom stereocenters. The third-order valence-electron chi connectivity index (χ3n) is 4.00. The largest absolute Gasteiger partial charge is 0.452 e. The van der Waals surface area contributed by atoms with E-state index in [1.165, 1.54) is 6.92 Å². The predicted molar refractivity (Wildman–Crippen MR) is 87.3 cm³/mol. The van der Waals surface area contributed by atoms with Crippen molar-refractivity contribution >= 4 is 40.8 Å². The lowest BCUT2D eigenvalue weighted by atomic mass is 10.1. The first-order valence-electron chi connectivity index (χ1n) is 7.04. The molecule has 2 atom stereocenters. The van der Waals surface area contributed by atoms with Gasteiger partial charge in [-0.05, 0) is 39.3 Å². The number of hydrogen-bond donors (Lipinski definition) is 1. The Labute approximate surface area is 140 Å². The zero-order valence-corrected chi connectivity index (χ0v) is 14.5. The quantitative estimate of drug-likeness (QED) is 0.668. The SMILES string of the molecule is Cc1ccc(NC(=O)C(C)OC(=O)C2(C)CC2(Cl)Cl)c(C)c1. The lowest BCUT2D eigenvalue weighted by Crippen LogP contribution is -2.33. The van der Waals surface area contributed by atoms with Gasteiger partial charge in [0, 0.05) is 12.1 Å². The number of benzene rings is 1. The summed E-state index contributed by atoms with van der Waals surface area (Å²) in [5.74, 6) is -0.944. The van der Waals surface area contributed by atoms with Crippen LogP contribution in [0.2, 0.25) is 0 Å². The van der Waals surface area contributed by atoms with Crippen LogP contribution in [0, 0.1) is 19.3 Å². The molecule has 22 heavy (non-hydrogen) atoms. The molecule has 0 saturated heterocycles. The standard InChI is InChI=1S/C16H19Cl2NO3/c1-9-5-6-12(10(2)7-9)19-13(20)11(3)22-14(21)15(4)8-16(15,17)18/h5-7,11H,8H2,1-4H3,(H,19,20). The summed E-state index contributed by atoms with van der Waals surface area (Å²) in [5, 5.41) is 2.75. The van der Waals surface area contributed by atoms with Gasteiger partial charge in [0.2, 0.25) is 0 Å². The third-order valence-corrected chi connectivity index (χ3v) is 5.10. The van der Waals surface area contributed by atoms with Crippen LogP contribution in [0.4, 0.5) is 5.69 Å². The Morgan fingerprint density at radius 2 is 1.91 bits per heavy atom. The minimum Gasteiger partial charge on any atom is -0.452 e. The van der Waals surface area contributed by atoms with Crippen molar-refractivity contribution in [2.75, 3.05) is 5.32 Å². The zero-order chi connectivity index (χ0) is 16.7. The highest BCUT2D eigenvalue weighted by molar-refractivity contribution is 6.53. The Hall–Kier alpha value is -1.26. The summed E-state index contributed by atoms with van der Waals surface area (Å²) in [4.78, 5) is 24.2. The topological polar surface area (TPSA) is 55.4 Å². The Morgan fingerprint density at radius 1 is 1.32 bits per heavy atom. The molecular formula is C16H19Cl2NO3. The molecule has 1 aromatic rings. The molecule has 0 aliphatic heterocycles. The Kier molecular flexibility index (Phi) is 4.46. The number of halogens is 2. The van der Waals surface area contributed by atoms with E-state index < -0.39 is 21.8 Å². The molecule has 0 spiro atoms. The van der Waals surface area contributed by atoms with Crippen LogP contribution < -0.4 is 5.32 Å². The average Bonchev–Trinajstić information content (AvgIpc) is 2.93. The van der Waals surface area contributed by atoms with Crippen molar-refractivity contribution in [3.63, 3.8) is 0 Å². The molecule has 0 bridgehead atoms. The lowest BCUT2D eigenvalue weighted by molar-refractivity contribution is -0.158. The van der Waals surface area contributed by atoms with Crippen molar-refractivity contribution in [1.82, 2.24) is 0 Å². The maximum Gasteiger partial charge on any atom is 0.315 e. The fourth-order valence-electron chi connectivity index (χ4n) is 2.15. The second-order valence-electron chi connectivity index (χ2n) is 6.07. The van der Waals surface area contributed by atoms with Gasteiger partial charge in [0.05, 0.1) is 0 Å². The molecule has 120 valence electrons. The van der Waals surface area contributed by atoms with E-state index in [0.717, 1.165) is 11.1 Å². The highest BCUT2D eigenvalue weighted by atomic mass is 35.5. The number of carbonyl (C=O) groups excluding carboxylic acids is 2. The summed E-state index contributed by atoms with van der Waals surface area (Å²) < 4.78 is 4.09. The normalized spacial score (nSPS) is 23.5. The van der Waals surface area contributed by atoms with E-state index in [2.05, 4.69) is 5.32 Å². The van der Waals surface area contributed by atoms with E-state index in [4.69, 9.17) is 27.9 Å². The van der Waals surface area contributed by atoms with Crippen molar-refractivity contribution in [2.24, 2.45) is 5.41 Å². The molecule has 1 saturated carbocycles. The molecule has 1 fully saturated rings. The van der Waals surface area contributed by atoms with Crippen molar-refractivity contribution in [2.45, 2.75) is 44.6 Å². The van der Waals surface area contributed by atoms with Gasteiger partial charge in [-0.2, -0.15) is 0 Å². The number of anilines is 1. The highest BCUT2D eigenvalue weighted by Crippen LogP contribution is 2.64. The van der Waals surface area contributed by atoms with Gasteiger partial charge < -0.3 is 10.1 Å². The number of esters is 1. The van der Waals surface area contributed by atoms with Crippen LogP contribution in [0.1, 0.15) is 31.4 Å². The van der Waals surface area contributed by atoms with E-state index in [1.54, 1.807) is 6.92 Å². The molecule has 0 aromatic heterocycles. The van der Waals surface area contributed by atoms with Crippen LogP contribution in [-0.4, -0.2) is 22.3 Å². The number of alkyl halides is 2. The van der Waals surface area contributed by atoms with Crippen molar-refractivity contribution in [1.29, 1.82) is 0 Å². The van der Waals surface area contributed by atoms with E-state index in [-0.39, 0.29) is 5.91 Å². The van der Waals surface area contributed by atoms with Crippen molar-refractivity contribution in [3.05, 3.63) is 29.3 Å². The van der Waals surface area contributed by atoms with E-state index in [0.29, 0.717) is 12.1 Å². The minimum absolute atomic E-state index is 0.327. The monoisotopic (exact) mass is 343 g/mol. The van der Waals surface area contributed by atoms with Crippen LogP contribution in [0.3, 0.4) is 0 Å². The minimum atomic E-state index is -1.10. The van der Waals surface area contributed by atoms with Crippen molar-refractivity contribution in [3.8, 4) is 0 Å². The number of ether oxygens (including phenoxy) is 1. The first-order chi connectivity index (χ1) is 10.1. The molecule has 2 rings (SSSR count). The van der Waals surface area contributed by atoms with Gasteiger partial charge in [0.25, 0.3) is 5.91 Å². The fourth-order valence-corrected chi connectivity index (χ4v) is 2.84. The Bertz CT molecular complexity index is 630. The molecule has 1 aromatic carbocycles. The van der Waals surface area contributed by atoms with E-state index >= 15 is 0 Å². The smallest absolute Gasteiger partial charge is 0.315 e. The first-order valence-corrected chi connectivity index (χ1v) is 7.79. The molecule has 1 amide bonds. The summed E-state index contributed by atoms with van der Waals surface area (Å²) in [7, 11) is 0. The fraction of sp³-hybridized carbons (Fsp3) is 0.500. The molecule has 6 heteroatoms. The van der Waals surface area contributed by atoms with E-state index in [9.17, 15) is 9.59 Å². The number of aryl methyl sites for hydroxylation is 2. The number of carbonyl (C=O) groups is 2. The summed E-state index contributed by atoms with van der Waals surface area (Å²) in [6.45, 7) is 7.03. The maximum absolute atomic E-state index is 12.1. The number of hydrogen-bond acceptors (Lipinski definition) is 3. The van der Waals surface area contributed by atoms with Crippen LogP contribution in [-0.2, 0) is 14.3 Å². The first kappa shape index (κ1) is 17.1. The predicted octanol–water partition coefficient (Wildman–Crippen LogP) is 3.76. The summed E-state index contributed by atoms with van der Waals surface area (Å²) >= 11 is 11.9. The van der Waals surface area contributed by atoms with Crippen LogP contribution >= 0.6 is 23.2 Å². The molecular weight excluding hydrogens is 325 g/mol. The molecule has 1 aliphatic carbocycles. The van der Waals surface area contributed by atoms with E-state index in [1.807, 2.05) is 32.0 Å². The van der Waals surface area contributed by atoms with Crippen LogP contribution in [0.5, 0.6) is 0 Å².